The molecule has 0 amide bonds. The molecule has 1 aromatic heterocycles. The average molecular weight is 273 g/mol. The second kappa shape index (κ2) is 5.80. The van der Waals surface area contributed by atoms with Crippen molar-refractivity contribution in [1.29, 1.82) is 0 Å². The van der Waals surface area contributed by atoms with Gasteiger partial charge in [-0.15, -0.1) is 0 Å². The van der Waals surface area contributed by atoms with E-state index in [4.69, 9.17) is 4.42 Å². The molecule has 0 aliphatic heterocycles. The molecule has 0 bridgehead atoms. The largest absolute Gasteiger partial charge is 0.469 e. The molecule has 1 N–H and O–H groups in total. The van der Waals surface area contributed by atoms with Gasteiger partial charge in [-0.25, -0.2) is 4.39 Å². The van der Waals surface area contributed by atoms with Crippen molar-refractivity contribution in [3.05, 3.63) is 59.8 Å². The fourth-order valence-corrected chi connectivity index (χ4v) is 2.70. The van der Waals surface area contributed by atoms with Gasteiger partial charge in [0.25, 0.3) is 0 Å². The molecule has 106 valence electrons. The van der Waals surface area contributed by atoms with E-state index < -0.39 is 0 Å². The van der Waals surface area contributed by atoms with Gasteiger partial charge < -0.3 is 9.73 Å². The van der Waals surface area contributed by atoms with E-state index in [-0.39, 0.29) is 5.82 Å². The Morgan fingerprint density at radius 3 is 2.60 bits per heavy atom. The molecule has 1 aromatic carbocycles. The lowest BCUT2D eigenvalue weighted by Crippen LogP contribution is -2.33. The van der Waals surface area contributed by atoms with Gasteiger partial charge in [0.05, 0.1) is 6.26 Å². The van der Waals surface area contributed by atoms with E-state index in [9.17, 15) is 4.39 Å². The fourth-order valence-electron chi connectivity index (χ4n) is 2.70. The van der Waals surface area contributed by atoms with Crippen molar-refractivity contribution in [2.45, 2.75) is 38.3 Å². The number of nitrogens with one attached hydrogen (secondary N) is 1. The number of halogens is 1. The molecule has 3 heteroatoms. The number of furan rings is 1. The van der Waals surface area contributed by atoms with Crippen LogP contribution < -0.4 is 5.32 Å². The molecule has 0 spiro atoms. The summed E-state index contributed by atoms with van der Waals surface area (Å²) >= 11 is 0. The normalized spacial score (nSPS) is 17.9. The topological polar surface area (TPSA) is 25.2 Å². The summed E-state index contributed by atoms with van der Waals surface area (Å²) < 4.78 is 18.4. The lowest BCUT2D eigenvalue weighted by atomic mass is 10.0. The highest BCUT2D eigenvalue weighted by atomic mass is 19.1. The zero-order chi connectivity index (χ0) is 13.9. The molecule has 0 radical (unpaired) electrons. The van der Waals surface area contributed by atoms with Gasteiger partial charge in [-0.05, 0) is 55.5 Å². The number of hydrogen-bond donors (Lipinski definition) is 1. The van der Waals surface area contributed by atoms with E-state index in [1.54, 1.807) is 18.4 Å². The minimum Gasteiger partial charge on any atom is -0.469 e. The number of hydrogen-bond acceptors (Lipinski definition) is 2. The molecule has 2 nitrogen and oxygen atoms in total. The molecule has 20 heavy (non-hydrogen) atoms. The van der Waals surface area contributed by atoms with Crippen molar-refractivity contribution in [2.75, 3.05) is 0 Å². The average Bonchev–Trinajstić information content (AvgIpc) is 3.16. The maximum absolute atomic E-state index is 13.0. The Kier molecular flexibility index (Phi) is 3.88. The van der Waals surface area contributed by atoms with Crippen LogP contribution in [0.15, 0.2) is 47.1 Å². The summed E-state index contributed by atoms with van der Waals surface area (Å²) in [6, 6.07) is 11.4. The molecule has 3 rings (SSSR count). The van der Waals surface area contributed by atoms with Gasteiger partial charge in [-0.1, -0.05) is 12.1 Å². The Hall–Kier alpha value is -1.61. The summed E-state index contributed by atoms with van der Waals surface area (Å²) in [6.45, 7) is 2.17. The van der Waals surface area contributed by atoms with E-state index in [2.05, 4.69) is 12.2 Å². The zero-order valence-electron chi connectivity index (χ0n) is 11.7. The van der Waals surface area contributed by atoms with Crippen LogP contribution in [0.2, 0.25) is 0 Å². The highest BCUT2D eigenvalue weighted by Gasteiger charge is 2.33. The van der Waals surface area contributed by atoms with Gasteiger partial charge in [-0.3, -0.25) is 0 Å². The lowest BCUT2D eigenvalue weighted by Gasteiger charge is -2.23. The first kappa shape index (κ1) is 13.4. The Morgan fingerprint density at radius 2 is 2.00 bits per heavy atom. The van der Waals surface area contributed by atoms with Crippen LogP contribution in [0.3, 0.4) is 0 Å². The van der Waals surface area contributed by atoms with Crippen LogP contribution in [-0.4, -0.2) is 6.04 Å². The third kappa shape index (κ3) is 3.28. The van der Waals surface area contributed by atoms with Crippen LogP contribution >= 0.6 is 0 Å². The van der Waals surface area contributed by atoms with Gasteiger partial charge >= 0.3 is 0 Å². The van der Waals surface area contributed by atoms with Crippen LogP contribution in [0, 0.1) is 11.7 Å². The van der Waals surface area contributed by atoms with Gasteiger partial charge in [-0.2, -0.15) is 0 Å². The summed E-state index contributed by atoms with van der Waals surface area (Å²) in [5.41, 5.74) is 1.18. The summed E-state index contributed by atoms with van der Waals surface area (Å²) in [7, 11) is 0. The molecule has 1 saturated carbocycles. The van der Waals surface area contributed by atoms with Crippen LogP contribution in [0.5, 0.6) is 0 Å². The van der Waals surface area contributed by atoms with E-state index >= 15 is 0 Å². The fraction of sp³-hybridized carbons (Fsp3) is 0.412. The molecule has 1 aliphatic rings. The van der Waals surface area contributed by atoms with Crippen LogP contribution in [0.1, 0.15) is 37.1 Å². The van der Waals surface area contributed by atoms with E-state index in [0.29, 0.717) is 18.0 Å². The Balaban J connectivity index is 1.66. The third-order valence-corrected chi connectivity index (χ3v) is 3.87. The first-order valence-electron chi connectivity index (χ1n) is 7.26. The maximum Gasteiger partial charge on any atom is 0.123 e. The molecule has 1 fully saturated rings. The Bertz CT molecular complexity index is 531. The molecule has 0 saturated heterocycles. The minimum atomic E-state index is -0.174. The van der Waals surface area contributed by atoms with Gasteiger partial charge in [0.1, 0.15) is 11.6 Å². The Labute approximate surface area is 119 Å². The quantitative estimate of drug-likeness (QED) is 0.857. The summed E-state index contributed by atoms with van der Waals surface area (Å²) in [6.07, 6.45) is 5.09. The second-order valence-corrected chi connectivity index (χ2v) is 5.72. The maximum atomic E-state index is 13.0. The molecular formula is C17H20FNO. The molecule has 1 aliphatic carbocycles. The third-order valence-electron chi connectivity index (χ3n) is 3.87. The molecule has 1 heterocycles. The summed E-state index contributed by atoms with van der Waals surface area (Å²) in [5.74, 6) is 1.50. The molecule has 2 atom stereocenters. The first-order chi connectivity index (χ1) is 9.72. The second-order valence-electron chi connectivity index (χ2n) is 5.72. The monoisotopic (exact) mass is 273 g/mol. The summed E-state index contributed by atoms with van der Waals surface area (Å²) in [4.78, 5) is 0. The van der Waals surface area contributed by atoms with Crippen molar-refractivity contribution >= 4 is 0 Å². The molecular weight excluding hydrogens is 253 g/mol. The van der Waals surface area contributed by atoms with Crippen molar-refractivity contribution < 1.29 is 8.81 Å². The van der Waals surface area contributed by atoms with Crippen molar-refractivity contribution in [3.63, 3.8) is 0 Å². The summed E-state index contributed by atoms with van der Waals surface area (Å²) in [5, 5.41) is 3.67. The highest BCUT2D eigenvalue weighted by Crippen LogP contribution is 2.41. The minimum absolute atomic E-state index is 0.174. The predicted octanol–water partition coefficient (Wildman–Crippen LogP) is 4.09. The van der Waals surface area contributed by atoms with Crippen LogP contribution in [0.4, 0.5) is 4.39 Å². The van der Waals surface area contributed by atoms with E-state index in [1.165, 1.54) is 18.4 Å². The highest BCUT2D eigenvalue weighted by molar-refractivity contribution is 5.22. The lowest BCUT2D eigenvalue weighted by molar-refractivity contribution is 0.392. The number of benzene rings is 1. The van der Waals surface area contributed by atoms with Gasteiger partial charge in [0.2, 0.25) is 0 Å². The standard InChI is InChI=1S/C17H20FNO/c1-12(11-16-3-2-10-20-16)19-17(13-4-5-13)14-6-8-15(18)9-7-14/h2-3,6-10,12-13,17,19H,4-5,11H2,1H3. The Morgan fingerprint density at radius 1 is 1.25 bits per heavy atom. The van der Waals surface area contributed by atoms with Crippen LogP contribution in [-0.2, 0) is 6.42 Å². The number of rotatable bonds is 6. The smallest absolute Gasteiger partial charge is 0.123 e. The SMILES string of the molecule is CC(Cc1ccco1)NC(c1ccc(F)cc1)C1CC1. The van der Waals surface area contributed by atoms with Crippen molar-refractivity contribution in [3.8, 4) is 0 Å². The van der Waals surface area contributed by atoms with Gasteiger partial charge in [0, 0.05) is 18.5 Å². The zero-order valence-corrected chi connectivity index (χ0v) is 11.7. The van der Waals surface area contributed by atoms with Crippen molar-refractivity contribution in [1.82, 2.24) is 5.32 Å². The first-order valence-corrected chi connectivity index (χ1v) is 7.26. The van der Waals surface area contributed by atoms with Crippen molar-refractivity contribution in [2.24, 2.45) is 5.92 Å². The molecule has 2 unspecified atom stereocenters. The van der Waals surface area contributed by atoms with E-state index in [1.807, 2.05) is 24.3 Å². The van der Waals surface area contributed by atoms with E-state index in [0.717, 1.165) is 12.2 Å². The van der Waals surface area contributed by atoms with Crippen LogP contribution in [0.25, 0.3) is 0 Å². The van der Waals surface area contributed by atoms with Gasteiger partial charge in [0.15, 0.2) is 0 Å². The molecule has 2 aromatic rings. The predicted molar refractivity (Wildman–Crippen MR) is 76.9 cm³/mol.